The maximum Gasteiger partial charge on any atom is 0.406 e. The number of imidazole rings is 1. The summed E-state index contributed by atoms with van der Waals surface area (Å²) < 4.78 is 36.8. The highest BCUT2D eigenvalue weighted by atomic mass is 19.4. The maximum absolute atomic E-state index is 11.8. The number of nitro groups is 1. The highest BCUT2D eigenvalue weighted by Crippen LogP contribution is 2.23. The standard InChI is InChI=1S/C7H9F3N4O2/c1-13-4-12-6(14(15)16)5(13)11-3-2-7(8,9)10/h4,11H,2-3H2,1H3. The lowest BCUT2D eigenvalue weighted by atomic mass is 10.4. The van der Waals surface area contributed by atoms with Gasteiger partial charge in [0.1, 0.15) is 0 Å². The van der Waals surface area contributed by atoms with E-state index in [0.717, 1.165) is 6.33 Å². The summed E-state index contributed by atoms with van der Waals surface area (Å²) in [6.07, 6.45) is -4.19. The van der Waals surface area contributed by atoms with Gasteiger partial charge < -0.3 is 15.4 Å². The van der Waals surface area contributed by atoms with Gasteiger partial charge in [-0.15, -0.1) is 0 Å². The molecular formula is C7H9F3N4O2. The number of aryl methyl sites for hydroxylation is 1. The molecular weight excluding hydrogens is 229 g/mol. The van der Waals surface area contributed by atoms with Crippen LogP contribution in [0.3, 0.4) is 0 Å². The van der Waals surface area contributed by atoms with E-state index in [-0.39, 0.29) is 5.82 Å². The van der Waals surface area contributed by atoms with E-state index >= 15 is 0 Å². The van der Waals surface area contributed by atoms with Crippen LogP contribution in [0.2, 0.25) is 0 Å². The first kappa shape index (κ1) is 12.3. The first-order valence-electron chi connectivity index (χ1n) is 4.27. The molecule has 1 N–H and O–H groups in total. The molecule has 0 unspecified atom stereocenters. The molecule has 0 fully saturated rings. The number of rotatable bonds is 4. The second-order valence-corrected chi connectivity index (χ2v) is 3.08. The van der Waals surface area contributed by atoms with Crippen LogP contribution in [0.15, 0.2) is 6.33 Å². The minimum absolute atomic E-state index is 0.0331. The van der Waals surface area contributed by atoms with E-state index in [1.807, 2.05) is 0 Å². The molecule has 0 bridgehead atoms. The van der Waals surface area contributed by atoms with Gasteiger partial charge in [0.05, 0.1) is 6.42 Å². The number of alkyl halides is 3. The Hall–Kier alpha value is -1.80. The normalized spacial score (nSPS) is 11.5. The fourth-order valence-electron chi connectivity index (χ4n) is 1.08. The molecule has 90 valence electrons. The topological polar surface area (TPSA) is 73.0 Å². The molecule has 0 aliphatic heterocycles. The third-order valence-electron chi connectivity index (χ3n) is 1.79. The third kappa shape index (κ3) is 3.11. The first-order valence-corrected chi connectivity index (χ1v) is 4.27. The van der Waals surface area contributed by atoms with Crippen LogP contribution < -0.4 is 5.32 Å². The van der Waals surface area contributed by atoms with Crippen molar-refractivity contribution in [3.63, 3.8) is 0 Å². The van der Waals surface area contributed by atoms with Crippen molar-refractivity contribution in [2.45, 2.75) is 12.6 Å². The molecule has 6 nitrogen and oxygen atoms in total. The van der Waals surface area contributed by atoms with Gasteiger partial charge in [0.25, 0.3) is 0 Å². The average molecular weight is 238 g/mol. The summed E-state index contributed by atoms with van der Waals surface area (Å²) in [5, 5.41) is 12.8. The van der Waals surface area contributed by atoms with Crippen molar-refractivity contribution in [3.8, 4) is 0 Å². The van der Waals surface area contributed by atoms with Crippen molar-refractivity contribution < 1.29 is 18.1 Å². The number of halogens is 3. The minimum atomic E-state index is -4.29. The summed E-state index contributed by atoms with van der Waals surface area (Å²) >= 11 is 0. The van der Waals surface area contributed by atoms with Crippen molar-refractivity contribution in [2.24, 2.45) is 7.05 Å². The Morgan fingerprint density at radius 3 is 2.75 bits per heavy atom. The van der Waals surface area contributed by atoms with Crippen molar-refractivity contribution >= 4 is 11.6 Å². The molecule has 16 heavy (non-hydrogen) atoms. The van der Waals surface area contributed by atoms with Crippen LogP contribution >= 0.6 is 0 Å². The molecule has 0 saturated heterocycles. The van der Waals surface area contributed by atoms with E-state index in [4.69, 9.17) is 0 Å². The predicted octanol–water partition coefficient (Wildman–Crippen LogP) is 1.69. The summed E-state index contributed by atoms with van der Waals surface area (Å²) in [5.74, 6) is -0.515. The quantitative estimate of drug-likeness (QED) is 0.639. The second-order valence-electron chi connectivity index (χ2n) is 3.08. The van der Waals surface area contributed by atoms with Crippen molar-refractivity contribution in [3.05, 3.63) is 16.4 Å². The number of anilines is 1. The second kappa shape index (κ2) is 4.37. The maximum atomic E-state index is 11.8. The third-order valence-corrected chi connectivity index (χ3v) is 1.79. The van der Waals surface area contributed by atoms with Gasteiger partial charge in [0.15, 0.2) is 0 Å². The predicted molar refractivity (Wildman–Crippen MR) is 49.0 cm³/mol. The monoisotopic (exact) mass is 238 g/mol. The smallest absolute Gasteiger partial charge is 0.364 e. The van der Waals surface area contributed by atoms with Gasteiger partial charge in [-0.05, 0) is 9.91 Å². The summed E-state index contributed by atoms with van der Waals surface area (Å²) in [6, 6.07) is 0. The number of aromatic nitrogens is 2. The van der Waals surface area contributed by atoms with E-state index in [9.17, 15) is 23.3 Å². The lowest BCUT2D eigenvalue weighted by Gasteiger charge is -2.08. The zero-order valence-electron chi connectivity index (χ0n) is 8.28. The molecule has 9 heteroatoms. The van der Waals surface area contributed by atoms with Crippen molar-refractivity contribution in [1.82, 2.24) is 9.55 Å². The number of hydrogen-bond acceptors (Lipinski definition) is 4. The Labute approximate surface area is 88.2 Å². The zero-order valence-corrected chi connectivity index (χ0v) is 8.28. The van der Waals surface area contributed by atoms with E-state index in [0.29, 0.717) is 0 Å². The number of nitrogens with one attached hydrogen (secondary N) is 1. The molecule has 0 saturated carbocycles. The summed E-state index contributed by atoms with van der Waals surface area (Å²) in [6.45, 7) is -0.427. The highest BCUT2D eigenvalue weighted by Gasteiger charge is 2.27. The van der Waals surface area contributed by atoms with Gasteiger partial charge in [-0.3, -0.25) is 4.57 Å². The lowest BCUT2D eigenvalue weighted by Crippen LogP contribution is -2.16. The summed E-state index contributed by atoms with van der Waals surface area (Å²) in [5.41, 5.74) is 0. The van der Waals surface area contributed by atoms with Gasteiger partial charge >= 0.3 is 12.0 Å². The van der Waals surface area contributed by atoms with Crippen LogP contribution in [0.4, 0.5) is 24.8 Å². The first-order chi connectivity index (χ1) is 7.31. The summed E-state index contributed by atoms with van der Waals surface area (Å²) in [7, 11) is 1.45. The Morgan fingerprint density at radius 1 is 1.62 bits per heavy atom. The molecule has 0 radical (unpaired) electrons. The summed E-state index contributed by atoms with van der Waals surface area (Å²) in [4.78, 5) is 13.2. The molecule has 1 heterocycles. The van der Waals surface area contributed by atoms with Crippen molar-refractivity contribution in [2.75, 3.05) is 11.9 Å². The van der Waals surface area contributed by atoms with Gasteiger partial charge in [-0.1, -0.05) is 0 Å². The van der Waals surface area contributed by atoms with E-state index in [1.165, 1.54) is 11.6 Å². The Kier molecular flexibility index (Phi) is 3.35. The molecule has 1 aromatic rings. The largest absolute Gasteiger partial charge is 0.406 e. The van der Waals surface area contributed by atoms with Crippen LogP contribution in [0.1, 0.15) is 6.42 Å². The fourth-order valence-corrected chi connectivity index (χ4v) is 1.08. The van der Waals surface area contributed by atoms with Crippen molar-refractivity contribution in [1.29, 1.82) is 0 Å². The van der Waals surface area contributed by atoms with E-state index < -0.39 is 29.9 Å². The van der Waals surface area contributed by atoms with Gasteiger partial charge in [-0.25, -0.2) is 0 Å². The highest BCUT2D eigenvalue weighted by molar-refractivity contribution is 5.51. The molecule has 0 aliphatic carbocycles. The van der Waals surface area contributed by atoms with Crippen LogP contribution in [0.5, 0.6) is 0 Å². The van der Waals surface area contributed by atoms with Crippen LogP contribution in [-0.2, 0) is 7.05 Å². The molecule has 1 rings (SSSR count). The Morgan fingerprint density at radius 2 is 2.25 bits per heavy atom. The minimum Gasteiger partial charge on any atom is -0.364 e. The lowest BCUT2D eigenvalue weighted by molar-refractivity contribution is -0.388. The Balaban J connectivity index is 2.66. The molecule has 0 aromatic carbocycles. The van der Waals surface area contributed by atoms with Crippen LogP contribution in [-0.4, -0.2) is 27.2 Å². The molecule has 0 aliphatic rings. The molecule has 1 aromatic heterocycles. The zero-order chi connectivity index (χ0) is 12.3. The molecule has 0 atom stereocenters. The van der Waals surface area contributed by atoms with Gasteiger partial charge in [0.2, 0.25) is 12.1 Å². The van der Waals surface area contributed by atoms with E-state index in [2.05, 4.69) is 10.3 Å². The Bertz CT molecular complexity index is 387. The molecule has 0 spiro atoms. The molecule has 0 amide bonds. The number of hydrogen-bond donors (Lipinski definition) is 1. The van der Waals surface area contributed by atoms with Crippen LogP contribution in [0.25, 0.3) is 0 Å². The fraction of sp³-hybridized carbons (Fsp3) is 0.571. The van der Waals surface area contributed by atoms with Gasteiger partial charge in [-0.2, -0.15) is 13.2 Å². The van der Waals surface area contributed by atoms with Gasteiger partial charge in [0, 0.05) is 13.6 Å². The van der Waals surface area contributed by atoms with E-state index in [1.54, 1.807) is 0 Å². The SMILES string of the molecule is Cn1cnc([N+](=O)[O-])c1NCCC(F)(F)F. The van der Waals surface area contributed by atoms with Crippen LogP contribution in [0, 0.1) is 10.1 Å². The average Bonchev–Trinajstić information content (AvgIpc) is 2.46. The number of nitrogens with zero attached hydrogens (tertiary/aromatic N) is 3.